The second kappa shape index (κ2) is 20.4. The highest BCUT2D eigenvalue weighted by atomic mass is 16.5. The normalized spacial score (nSPS) is 20.0. The maximum Gasteiger partial charge on any atom is 0.225 e. The molecule has 0 spiro atoms. The highest BCUT2D eigenvalue weighted by molar-refractivity contribution is 5.90. The highest BCUT2D eigenvalue weighted by Gasteiger charge is 2.45. The summed E-state index contributed by atoms with van der Waals surface area (Å²) in [5.74, 6) is -0.604. The van der Waals surface area contributed by atoms with Crippen molar-refractivity contribution in [2.75, 3.05) is 34.9 Å². The molecule has 1 rings (SSSR count). The van der Waals surface area contributed by atoms with E-state index in [-0.39, 0.29) is 77.6 Å². The van der Waals surface area contributed by atoms with Crippen LogP contribution in [-0.4, -0.2) is 109 Å². The maximum atomic E-state index is 14.1. The number of carbonyl (C=O) groups is 4. The van der Waals surface area contributed by atoms with Crippen LogP contribution in [0.5, 0.6) is 0 Å². The number of ketones is 2. The van der Waals surface area contributed by atoms with Crippen LogP contribution in [0.15, 0.2) is 0 Å². The van der Waals surface area contributed by atoms with Crippen LogP contribution >= 0.6 is 0 Å². The van der Waals surface area contributed by atoms with Crippen molar-refractivity contribution in [3.05, 3.63) is 0 Å². The molecule has 0 aromatic rings. The number of nitrogens with zero attached hydrogens (tertiary/aromatic N) is 3. The molecule has 0 N–H and O–H groups in total. The van der Waals surface area contributed by atoms with Crippen molar-refractivity contribution in [2.45, 2.75) is 177 Å². The zero-order valence-electron chi connectivity index (χ0n) is 35.1. The molecule has 1 saturated heterocycles. The Hall–Kier alpha value is -1.84. The number of Topliss-reactive ketones (excluding diaryl/α,β-unsaturated/α-hetero) is 2. The van der Waals surface area contributed by atoms with E-state index in [0.717, 1.165) is 44.9 Å². The minimum atomic E-state index is -0.538. The first-order valence-corrected chi connectivity index (χ1v) is 19.7. The van der Waals surface area contributed by atoms with Crippen LogP contribution in [0, 0.1) is 29.1 Å². The fraction of sp³-hybridized carbons (Fsp3) is 0.902. The average Bonchev–Trinajstić information content (AvgIpc) is 3.59. The van der Waals surface area contributed by atoms with E-state index in [0.29, 0.717) is 6.54 Å². The summed E-state index contributed by atoms with van der Waals surface area (Å²) in [6.45, 7) is 25.4. The summed E-state index contributed by atoms with van der Waals surface area (Å²) in [6, 6.07) is -0.848. The predicted octanol–water partition coefficient (Wildman–Crippen LogP) is 7.43. The van der Waals surface area contributed by atoms with Gasteiger partial charge in [0.25, 0.3) is 0 Å². The first kappa shape index (κ1) is 46.2. The van der Waals surface area contributed by atoms with Gasteiger partial charge in [-0.05, 0) is 64.3 Å². The summed E-state index contributed by atoms with van der Waals surface area (Å²) >= 11 is 0. The molecule has 2 amide bonds. The Morgan fingerprint density at radius 2 is 1.40 bits per heavy atom. The van der Waals surface area contributed by atoms with Gasteiger partial charge in [-0.1, -0.05) is 82.6 Å². The molecule has 8 atom stereocenters. The van der Waals surface area contributed by atoms with E-state index in [1.807, 2.05) is 32.7 Å². The van der Waals surface area contributed by atoms with Crippen molar-refractivity contribution >= 4 is 23.4 Å². The van der Waals surface area contributed by atoms with E-state index < -0.39 is 23.5 Å². The van der Waals surface area contributed by atoms with Gasteiger partial charge in [0, 0.05) is 57.0 Å². The molecule has 9 nitrogen and oxygen atoms in total. The van der Waals surface area contributed by atoms with E-state index in [4.69, 9.17) is 9.47 Å². The van der Waals surface area contributed by atoms with Crippen molar-refractivity contribution in [3.63, 3.8) is 0 Å². The summed E-state index contributed by atoms with van der Waals surface area (Å²) in [5.41, 5.74) is -0.532. The molecule has 0 bridgehead atoms. The van der Waals surface area contributed by atoms with Gasteiger partial charge in [0.1, 0.15) is 5.78 Å². The molecule has 1 aliphatic rings. The Kier molecular flexibility index (Phi) is 18.9. The lowest BCUT2D eigenvalue weighted by molar-refractivity contribution is -0.149. The third-order valence-electron chi connectivity index (χ3n) is 13.1. The van der Waals surface area contributed by atoms with Crippen molar-refractivity contribution in [2.24, 2.45) is 29.1 Å². The Morgan fingerprint density at radius 1 is 0.840 bits per heavy atom. The lowest BCUT2D eigenvalue weighted by atomic mass is 9.73. The summed E-state index contributed by atoms with van der Waals surface area (Å²) in [7, 11) is 7.08. The Labute approximate surface area is 306 Å². The number of methoxy groups -OCH3 is 2. The van der Waals surface area contributed by atoms with Crippen LogP contribution in [0.25, 0.3) is 0 Å². The van der Waals surface area contributed by atoms with Crippen LogP contribution in [0.3, 0.4) is 0 Å². The van der Waals surface area contributed by atoms with Gasteiger partial charge in [-0.15, -0.1) is 0 Å². The smallest absolute Gasteiger partial charge is 0.225 e. The summed E-state index contributed by atoms with van der Waals surface area (Å²) in [5, 5.41) is 0. The molecule has 0 aromatic carbocycles. The highest BCUT2D eigenvalue weighted by Crippen LogP contribution is 2.36. The molecular weight excluding hydrogens is 630 g/mol. The average molecular weight is 708 g/mol. The van der Waals surface area contributed by atoms with Gasteiger partial charge in [-0.3, -0.25) is 24.1 Å². The fourth-order valence-corrected chi connectivity index (χ4v) is 8.43. The van der Waals surface area contributed by atoms with Crippen molar-refractivity contribution in [1.29, 1.82) is 0 Å². The number of hydrogen-bond acceptors (Lipinski definition) is 7. The third-order valence-corrected chi connectivity index (χ3v) is 13.1. The minimum absolute atomic E-state index is 0.0495. The molecule has 1 heterocycles. The van der Waals surface area contributed by atoms with Crippen molar-refractivity contribution < 1.29 is 28.7 Å². The zero-order chi connectivity index (χ0) is 38.7. The van der Waals surface area contributed by atoms with Gasteiger partial charge in [-0.25, -0.2) is 0 Å². The number of hydrogen-bond donors (Lipinski definition) is 0. The van der Waals surface area contributed by atoms with Crippen molar-refractivity contribution in [1.82, 2.24) is 14.7 Å². The first-order chi connectivity index (χ1) is 23.3. The topological polar surface area (TPSA) is 96.5 Å². The van der Waals surface area contributed by atoms with Crippen LogP contribution in [-0.2, 0) is 28.7 Å². The molecule has 9 heteroatoms. The molecule has 0 radical (unpaired) electrons. The van der Waals surface area contributed by atoms with E-state index in [1.165, 1.54) is 0 Å². The zero-order valence-corrected chi connectivity index (χ0v) is 35.1. The van der Waals surface area contributed by atoms with Gasteiger partial charge in [-0.2, -0.15) is 0 Å². The number of rotatable bonds is 23. The quantitative estimate of drug-likeness (QED) is 0.109. The number of likely N-dealkylation sites (N-methyl/N-ethyl adjacent to an activating group) is 2. The van der Waals surface area contributed by atoms with E-state index in [1.54, 1.807) is 26.2 Å². The molecule has 50 heavy (non-hydrogen) atoms. The monoisotopic (exact) mass is 708 g/mol. The van der Waals surface area contributed by atoms with Gasteiger partial charge >= 0.3 is 0 Å². The van der Waals surface area contributed by atoms with Crippen molar-refractivity contribution in [3.8, 4) is 0 Å². The van der Waals surface area contributed by atoms with Crippen LogP contribution in [0.1, 0.15) is 141 Å². The van der Waals surface area contributed by atoms with E-state index >= 15 is 0 Å². The first-order valence-electron chi connectivity index (χ1n) is 19.7. The number of carbonyl (C=O) groups excluding carboxylic acids is 4. The Balaban J connectivity index is 3.26. The Bertz CT molecular complexity index is 1090. The van der Waals surface area contributed by atoms with E-state index in [9.17, 15) is 19.2 Å². The lowest BCUT2D eigenvalue weighted by Gasteiger charge is -2.44. The van der Waals surface area contributed by atoms with Gasteiger partial charge < -0.3 is 19.3 Å². The van der Waals surface area contributed by atoms with Crippen LogP contribution < -0.4 is 0 Å². The molecule has 1 fully saturated rings. The molecule has 0 unspecified atom stereocenters. The number of amides is 2. The van der Waals surface area contributed by atoms with Crippen LogP contribution in [0.4, 0.5) is 0 Å². The Morgan fingerprint density at radius 3 is 1.84 bits per heavy atom. The molecule has 1 aliphatic heterocycles. The number of ether oxygens (including phenoxy) is 2. The standard InChI is InChI=1S/C41H77N3O6/c1-17-28(8)36(42(13)39(48)29(9)25-32(45)35(27(6)7)43(14)41(12,20-4)21-5)33(49-15)26-34(46)44-24-22-23-31(44)37(50-16)30(10)38(47)40(11,18-2)19-3/h27-31,33,35-37H,17-26H2,1-16H3/t28-,29+,30+,31-,33+,35-,36-,37+/m0/s1. The predicted molar refractivity (Wildman–Crippen MR) is 204 cm³/mol. The fourth-order valence-electron chi connectivity index (χ4n) is 8.43. The molecule has 292 valence electrons. The second-order valence-corrected chi connectivity index (χ2v) is 16.3. The molecule has 0 saturated carbocycles. The summed E-state index contributed by atoms with van der Waals surface area (Å²) in [4.78, 5) is 61.6. The summed E-state index contributed by atoms with van der Waals surface area (Å²) in [6.07, 6.45) is 5.11. The van der Waals surface area contributed by atoms with E-state index in [2.05, 4.69) is 67.2 Å². The molecule has 0 aromatic heterocycles. The molecule has 0 aliphatic carbocycles. The third kappa shape index (κ3) is 10.6. The van der Waals surface area contributed by atoms with Crippen LogP contribution in [0.2, 0.25) is 0 Å². The number of likely N-dealkylation sites (tertiary alicyclic amines) is 1. The van der Waals surface area contributed by atoms with Gasteiger partial charge in [0.05, 0.1) is 36.8 Å². The largest absolute Gasteiger partial charge is 0.379 e. The SMILES string of the molecule is CC[C@H](C)[C@@H]([C@@H](CC(=O)N1CCC[C@H]1[C@H](OC)[C@@H](C)C(=O)C(C)(CC)CC)OC)N(C)C(=O)[C@H](C)CC(=O)[C@H](C(C)C)N(C)C(C)(CC)CC. The second-order valence-electron chi connectivity index (χ2n) is 16.3. The lowest BCUT2D eigenvalue weighted by Crippen LogP contribution is -2.55. The van der Waals surface area contributed by atoms with Gasteiger partial charge in [0.2, 0.25) is 11.8 Å². The molecular formula is C41H77N3O6. The van der Waals surface area contributed by atoms with Gasteiger partial charge in [0.15, 0.2) is 5.78 Å². The summed E-state index contributed by atoms with van der Waals surface area (Å²) < 4.78 is 12.0. The minimum Gasteiger partial charge on any atom is -0.379 e. The maximum absolute atomic E-state index is 14.1.